The molecule has 2 N–H and O–H groups in total. The average molecular weight is 475 g/mol. The predicted octanol–water partition coefficient (Wildman–Crippen LogP) is 3.58. The minimum atomic E-state index is -0.596. The largest absolute Gasteiger partial charge is 0.352 e. The summed E-state index contributed by atoms with van der Waals surface area (Å²) in [6.07, 6.45) is 2.15. The first-order valence-corrected chi connectivity index (χ1v) is 10.9. The Hall–Kier alpha value is -3.04. The van der Waals surface area contributed by atoms with Gasteiger partial charge >= 0.3 is 0 Å². The van der Waals surface area contributed by atoms with Gasteiger partial charge in [-0.05, 0) is 61.5 Å². The summed E-state index contributed by atoms with van der Waals surface area (Å²) in [6.45, 7) is 1.83. The molecule has 0 unspecified atom stereocenters. The fourth-order valence-corrected chi connectivity index (χ4v) is 4.21. The van der Waals surface area contributed by atoms with Gasteiger partial charge in [0.05, 0.1) is 21.6 Å². The van der Waals surface area contributed by atoms with Crippen molar-refractivity contribution in [3.63, 3.8) is 0 Å². The Bertz CT molecular complexity index is 1340. The number of carbonyl (C=O) groups is 2. The lowest BCUT2D eigenvalue weighted by Crippen LogP contribution is -2.30. The molecule has 1 aliphatic heterocycles. The molecule has 0 radical (unpaired) electrons. The summed E-state index contributed by atoms with van der Waals surface area (Å²) in [5.74, 6) is -0.718. The lowest BCUT2D eigenvalue weighted by molar-refractivity contribution is -0.127. The number of aromatic nitrogens is 2. The van der Waals surface area contributed by atoms with Crippen molar-refractivity contribution < 1.29 is 14.0 Å². The smallest absolute Gasteiger partial charge is 0.266 e. The first-order valence-electron chi connectivity index (χ1n) is 10.2. The molecule has 0 bridgehead atoms. The number of hydrogen-bond acceptors (Lipinski definition) is 4. The SMILES string of the molecule is O=C(NCCCN1CCCC1=O)c1ccc2c(=O)n(-c3ccc(F)c(Cl)c3)c(=S)[nH]c2c1. The van der Waals surface area contributed by atoms with Crippen LogP contribution < -0.4 is 10.9 Å². The molecule has 0 aliphatic carbocycles. The summed E-state index contributed by atoms with van der Waals surface area (Å²) in [5.41, 5.74) is 0.721. The van der Waals surface area contributed by atoms with E-state index in [1.807, 2.05) is 4.90 Å². The molecule has 2 amide bonds. The molecule has 1 aliphatic rings. The van der Waals surface area contributed by atoms with Crippen LogP contribution in [-0.4, -0.2) is 45.9 Å². The Morgan fingerprint density at radius 3 is 2.75 bits per heavy atom. The molecular weight excluding hydrogens is 455 g/mol. The third-order valence-electron chi connectivity index (χ3n) is 5.38. The van der Waals surface area contributed by atoms with Crippen LogP contribution >= 0.6 is 23.8 Å². The van der Waals surface area contributed by atoms with E-state index >= 15 is 0 Å². The number of benzene rings is 2. The van der Waals surface area contributed by atoms with Gasteiger partial charge in [0.1, 0.15) is 5.82 Å². The number of halogens is 2. The van der Waals surface area contributed by atoms with Gasteiger partial charge in [0, 0.05) is 31.6 Å². The summed E-state index contributed by atoms with van der Waals surface area (Å²) in [7, 11) is 0. The summed E-state index contributed by atoms with van der Waals surface area (Å²) in [6, 6.07) is 8.56. The summed E-state index contributed by atoms with van der Waals surface area (Å²) < 4.78 is 14.8. The van der Waals surface area contributed by atoms with Gasteiger partial charge in [-0.1, -0.05) is 11.6 Å². The second kappa shape index (κ2) is 9.22. The zero-order chi connectivity index (χ0) is 22.8. The van der Waals surface area contributed by atoms with Crippen molar-refractivity contribution in [1.82, 2.24) is 19.8 Å². The number of aromatic amines is 1. The van der Waals surface area contributed by atoms with Crippen LogP contribution in [0.2, 0.25) is 5.02 Å². The average Bonchev–Trinajstić information content (AvgIpc) is 3.17. The van der Waals surface area contributed by atoms with E-state index in [0.29, 0.717) is 48.1 Å². The number of rotatable bonds is 6. The van der Waals surface area contributed by atoms with E-state index in [-0.39, 0.29) is 21.6 Å². The monoisotopic (exact) mass is 474 g/mol. The van der Waals surface area contributed by atoms with E-state index < -0.39 is 11.4 Å². The third-order valence-corrected chi connectivity index (χ3v) is 5.96. The number of carbonyl (C=O) groups excluding carboxylic acids is 2. The van der Waals surface area contributed by atoms with Crippen molar-refractivity contribution >= 4 is 46.5 Å². The first-order chi connectivity index (χ1) is 15.3. The number of likely N-dealkylation sites (tertiary alicyclic amines) is 1. The van der Waals surface area contributed by atoms with E-state index in [9.17, 15) is 18.8 Å². The molecule has 1 fully saturated rings. The highest BCUT2D eigenvalue weighted by Crippen LogP contribution is 2.19. The Morgan fingerprint density at radius 1 is 1.22 bits per heavy atom. The van der Waals surface area contributed by atoms with Crippen LogP contribution in [0.5, 0.6) is 0 Å². The van der Waals surface area contributed by atoms with Gasteiger partial charge in [-0.3, -0.25) is 19.0 Å². The summed E-state index contributed by atoms with van der Waals surface area (Å²) in [4.78, 5) is 41.9. The van der Waals surface area contributed by atoms with E-state index in [0.717, 1.165) is 19.0 Å². The fraction of sp³-hybridized carbons (Fsp3) is 0.273. The number of fused-ring (bicyclic) bond motifs is 1. The van der Waals surface area contributed by atoms with E-state index in [2.05, 4.69) is 10.3 Å². The normalized spacial score (nSPS) is 13.7. The molecule has 0 saturated carbocycles. The van der Waals surface area contributed by atoms with Crippen LogP contribution in [0.1, 0.15) is 29.6 Å². The van der Waals surface area contributed by atoms with Crippen molar-refractivity contribution in [3.05, 3.63) is 67.9 Å². The Labute approximate surface area is 192 Å². The molecule has 166 valence electrons. The minimum absolute atomic E-state index is 0.0954. The van der Waals surface area contributed by atoms with Gasteiger partial charge in [0.25, 0.3) is 11.5 Å². The molecule has 7 nitrogen and oxygen atoms in total. The van der Waals surface area contributed by atoms with Gasteiger partial charge < -0.3 is 15.2 Å². The third kappa shape index (κ3) is 4.44. The number of amides is 2. The molecule has 1 saturated heterocycles. The summed E-state index contributed by atoms with van der Waals surface area (Å²) >= 11 is 11.2. The Morgan fingerprint density at radius 2 is 2.03 bits per heavy atom. The summed E-state index contributed by atoms with van der Waals surface area (Å²) in [5, 5.41) is 3.03. The zero-order valence-corrected chi connectivity index (χ0v) is 18.6. The van der Waals surface area contributed by atoms with Gasteiger partial charge in [0.2, 0.25) is 5.91 Å². The molecular formula is C22H20ClFN4O3S. The second-order valence-corrected chi connectivity index (χ2v) is 8.32. The maximum absolute atomic E-state index is 13.5. The lowest BCUT2D eigenvalue weighted by Gasteiger charge is -2.15. The number of H-pyrrole nitrogens is 1. The van der Waals surface area contributed by atoms with Crippen molar-refractivity contribution in [2.45, 2.75) is 19.3 Å². The molecule has 0 spiro atoms. The topological polar surface area (TPSA) is 87.2 Å². The molecule has 2 heterocycles. The Kier molecular flexibility index (Phi) is 6.38. The number of hydrogen-bond donors (Lipinski definition) is 2. The number of nitrogens with zero attached hydrogens (tertiary/aromatic N) is 2. The maximum atomic E-state index is 13.5. The highest BCUT2D eigenvalue weighted by molar-refractivity contribution is 7.71. The lowest BCUT2D eigenvalue weighted by atomic mass is 10.1. The highest BCUT2D eigenvalue weighted by Gasteiger charge is 2.19. The Balaban J connectivity index is 1.52. The highest BCUT2D eigenvalue weighted by atomic mass is 35.5. The molecule has 10 heteroatoms. The quantitative estimate of drug-likeness (QED) is 0.422. The van der Waals surface area contributed by atoms with Crippen LogP contribution in [0.3, 0.4) is 0 Å². The van der Waals surface area contributed by atoms with Gasteiger partial charge in [-0.25, -0.2) is 4.39 Å². The minimum Gasteiger partial charge on any atom is -0.352 e. The van der Waals surface area contributed by atoms with Crippen molar-refractivity contribution in [1.29, 1.82) is 0 Å². The van der Waals surface area contributed by atoms with Crippen molar-refractivity contribution in [2.75, 3.05) is 19.6 Å². The van der Waals surface area contributed by atoms with E-state index in [1.54, 1.807) is 18.2 Å². The van der Waals surface area contributed by atoms with E-state index in [1.165, 1.54) is 16.7 Å². The molecule has 2 aromatic carbocycles. The zero-order valence-electron chi connectivity index (χ0n) is 17.0. The van der Waals surface area contributed by atoms with Crippen LogP contribution in [0.25, 0.3) is 16.6 Å². The standard InChI is InChI=1S/C22H20ClFN4O3S/c23-16-12-14(5-7-17(16)24)28-21(31)15-6-4-13(11-18(15)26-22(28)32)20(30)25-8-2-10-27-9-1-3-19(27)29/h4-7,11-12H,1-3,8-10H2,(H,25,30)(H,26,32). The van der Waals surface area contributed by atoms with Gasteiger partial charge in [-0.15, -0.1) is 0 Å². The van der Waals surface area contributed by atoms with Crippen LogP contribution in [0.15, 0.2) is 41.2 Å². The first kappa shape index (κ1) is 22.2. The second-order valence-electron chi connectivity index (χ2n) is 7.52. The van der Waals surface area contributed by atoms with Gasteiger partial charge in [-0.2, -0.15) is 0 Å². The van der Waals surface area contributed by atoms with E-state index in [4.69, 9.17) is 23.8 Å². The van der Waals surface area contributed by atoms with Crippen LogP contribution in [0.4, 0.5) is 4.39 Å². The molecule has 3 aromatic rings. The van der Waals surface area contributed by atoms with Crippen LogP contribution in [-0.2, 0) is 4.79 Å². The van der Waals surface area contributed by atoms with Crippen LogP contribution in [0, 0.1) is 10.6 Å². The molecule has 4 rings (SSSR count). The van der Waals surface area contributed by atoms with Crippen molar-refractivity contribution in [3.8, 4) is 5.69 Å². The maximum Gasteiger partial charge on any atom is 0.266 e. The van der Waals surface area contributed by atoms with Crippen molar-refractivity contribution in [2.24, 2.45) is 0 Å². The molecule has 1 aromatic heterocycles. The number of nitrogens with one attached hydrogen (secondary N) is 2. The predicted molar refractivity (Wildman–Crippen MR) is 122 cm³/mol. The molecule has 0 atom stereocenters. The molecule has 32 heavy (non-hydrogen) atoms. The fourth-order valence-electron chi connectivity index (χ4n) is 3.73. The van der Waals surface area contributed by atoms with Gasteiger partial charge in [0.15, 0.2) is 4.77 Å².